The highest BCUT2D eigenvalue weighted by Crippen LogP contribution is 2.35. The minimum absolute atomic E-state index is 0.000814. The van der Waals surface area contributed by atoms with Gasteiger partial charge in [-0.1, -0.05) is 19.9 Å². The summed E-state index contributed by atoms with van der Waals surface area (Å²) in [6.45, 7) is 5.66. The van der Waals surface area contributed by atoms with E-state index in [0.29, 0.717) is 17.8 Å². The first-order chi connectivity index (χ1) is 9.45. The van der Waals surface area contributed by atoms with Crippen LogP contribution in [0, 0.1) is 11.3 Å². The van der Waals surface area contributed by atoms with Crippen molar-refractivity contribution in [1.82, 2.24) is 5.32 Å². The average Bonchev–Trinajstić information content (AvgIpc) is 2.89. The quantitative estimate of drug-likeness (QED) is 0.775. The van der Waals surface area contributed by atoms with E-state index in [0.717, 1.165) is 13.0 Å². The maximum absolute atomic E-state index is 12.6. The SMILES string of the molecule is CC(C)C1(C(=O)Nc2cccc(C(N)=O)c2)CCNC1. The second-order valence-electron chi connectivity index (χ2n) is 5.64. The fourth-order valence-corrected chi connectivity index (χ4v) is 2.67. The van der Waals surface area contributed by atoms with Gasteiger partial charge >= 0.3 is 0 Å². The van der Waals surface area contributed by atoms with E-state index in [1.807, 2.05) is 0 Å². The summed E-state index contributed by atoms with van der Waals surface area (Å²) >= 11 is 0. The molecule has 5 nitrogen and oxygen atoms in total. The van der Waals surface area contributed by atoms with Gasteiger partial charge in [-0.05, 0) is 37.1 Å². The number of amides is 2. The number of primary amides is 1. The highest BCUT2D eigenvalue weighted by molar-refractivity contribution is 5.98. The summed E-state index contributed by atoms with van der Waals surface area (Å²) in [7, 11) is 0. The highest BCUT2D eigenvalue weighted by Gasteiger charge is 2.43. The van der Waals surface area contributed by atoms with Crippen molar-refractivity contribution in [3.8, 4) is 0 Å². The Balaban J connectivity index is 2.18. The van der Waals surface area contributed by atoms with E-state index in [1.165, 1.54) is 0 Å². The Labute approximate surface area is 118 Å². The normalized spacial score (nSPS) is 21.9. The van der Waals surface area contributed by atoms with Gasteiger partial charge in [0.05, 0.1) is 5.41 Å². The molecule has 5 heteroatoms. The van der Waals surface area contributed by atoms with Crippen molar-refractivity contribution in [3.05, 3.63) is 29.8 Å². The summed E-state index contributed by atoms with van der Waals surface area (Å²) in [5.41, 5.74) is 5.87. The maximum atomic E-state index is 12.6. The van der Waals surface area contributed by atoms with Crippen LogP contribution in [0.2, 0.25) is 0 Å². The van der Waals surface area contributed by atoms with Gasteiger partial charge in [-0.2, -0.15) is 0 Å². The summed E-state index contributed by atoms with van der Waals surface area (Å²) in [5.74, 6) is -0.252. The Kier molecular flexibility index (Phi) is 4.09. The first-order valence-electron chi connectivity index (χ1n) is 6.88. The Morgan fingerprint density at radius 2 is 2.15 bits per heavy atom. The van der Waals surface area contributed by atoms with Crippen LogP contribution in [0.3, 0.4) is 0 Å². The second-order valence-corrected chi connectivity index (χ2v) is 5.64. The van der Waals surface area contributed by atoms with Crippen molar-refractivity contribution in [3.63, 3.8) is 0 Å². The zero-order valence-electron chi connectivity index (χ0n) is 11.9. The summed E-state index contributed by atoms with van der Waals surface area (Å²) in [6, 6.07) is 6.72. The molecule has 1 heterocycles. The van der Waals surface area contributed by atoms with Crippen molar-refractivity contribution in [2.75, 3.05) is 18.4 Å². The highest BCUT2D eigenvalue weighted by atomic mass is 16.2. The molecule has 108 valence electrons. The van der Waals surface area contributed by atoms with Crippen LogP contribution in [-0.2, 0) is 4.79 Å². The topological polar surface area (TPSA) is 84.2 Å². The summed E-state index contributed by atoms with van der Waals surface area (Å²) < 4.78 is 0. The van der Waals surface area contributed by atoms with Crippen LogP contribution in [-0.4, -0.2) is 24.9 Å². The van der Waals surface area contributed by atoms with Crippen molar-refractivity contribution in [1.29, 1.82) is 0 Å². The van der Waals surface area contributed by atoms with Crippen LogP contribution in [0.4, 0.5) is 5.69 Å². The van der Waals surface area contributed by atoms with Gasteiger partial charge in [-0.15, -0.1) is 0 Å². The minimum Gasteiger partial charge on any atom is -0.366 e. The molecule has 0 saturated carbocycles. The summed E-state index contributed by atoms with van der Waals surface area (Å²) in [4.78, 5) is 23.8. The second kappa shape index (κ2) is 5.63. The van der Waals surface area contributed by atoms with Crippen LogP contribution >= 0.6 is 0 Å². The number of anilines is 1. The molecule has 1 aliphatic heterocycles. The number of hydrogen-bond acceptors (Lipinski definition) is 3. The van der Waals surface area contributed by atoms with E-state index in [1.54, 1.807) is 24.3 Å². The molecular weight excluding hydrogens is 254 g/mol. The van der Waals surface area contributed by atoms with Crippen molar-refractivity contribution in [2.45, 2.75) is 20.3 Å². The van der Waals surface area contributed by atoms with Crippen LogP contribution in [0.15, 0.2) is 24.3 Å². The third-order valence-corrected chi connectivity index (χ3v) is 4.15. The molecule has 0 aromatic heterocycles. The van der Waals surface area contributed by atoms with Gasteiger partial charge in [0.25, 0.3) is 0 Å². The summed E-state index contributed by atoms with van der Waals surface area (Å²) in [5, 5.41) is 6.17. The van der Waals surface area contributed by atoms with Crippen molar-refractivity contribution in [2.24, 2.45) is 17.1 Å². The molecule has 1 unspecified atom stereocenters. The number of carbonyl (C=O) groups excluding carboxylic acids is 2. The van der Waals surface area contributed by atoms with Crippen molar-refractivity contribution >= 4 is 17.5 Å². The molecule has 1 atom stereocenters. The minimum atomic E-state index is -0.498. The Morgan fingerprint density at radius 1 is 1.40 bits per heavy atom. The Hall–Kier alpha value is -1.88. The predicted molar refractivity (Wildman–Crippen MR) is 78.3 cm³/mol. The molecule has 0 bridgehead atoms. The number of rotatable bonds is 4. The first-order valence-corrected chi connectivity index (χ1v) is 6.88. The predicted octanol–water partition coefficient (Wildman–Crippen LogP) is 1.36. The molecule has 0 radical (unpaired) electrons. The van der Waals surface area contributed by atoms with E-state index >= 15 is 0 Å². The number of hydrogen-bond donors (Lipinski definition) is 3. The van der Waals surface area contributed by atoms with Gasteiger partial charge in [0, 0.05) is 17.8 Å². The van der Waals surface area contributed by atoms with E-state index in [-0.39, 0.29) is 17.2 Å². The Morgan fingerprint density at radius 3 is 2.70 bits per heavy atom. The van der Waals surface area contributed by atoms with E-state index in [4.69, 9.17) is 5.73 Å². The van der Waals surface area contributed by atoms with Crippen LogP contribution in [0.25, 0.3) is 0 Å². The molecule has 1 aromatic carbocycles. The molecule has 4 N–H and O–H groups in total. The van der Waals surface area contributed by atoms with E-state index in [2.05, 4.69) is 24.5 Å². The zero-order chi connectivity index (χ0) is 14.8. The van der Waals surface area contributed by atoms with Crippen LogP contribution < -0.4 is 16.4 Å². The van der Waals surface area contributed by atoms with E-state index in [9.17, 15) is 9.59 Å². The van der Waals surface area contributed by atoms with Gasteiger partial charge in [-0.25, -0.2) is 0 Å². The Bertz CT molecular complexity index is 520. The number of nitrogens with two attached hydrogens (primary N) is 1. The van der Waals surface area contributed by atoms with E-state index < -0.39 is 5.91 Å². The number of nitrogens with one attached hydrogen (secondary N) is 2. The lowest BCUT2D eigenvalue weighted by molar-refractivity contribution is -0.126. The average molecular weight is 275 g/mol. The molecular formula is C15H21N3O2. The fourth-order valence-electron chi connectivity index (χ4n) is 2.67. The molecule has 1 aromatic rings. The largest absolute Gasteiger partial charge is 0.366 e. The molecule has 20 heavy (non-hydrogen) atoms. The monoisotopic (exact) mass is 275 g/mol. The molecule has 1 fully saturated rings. The molecule has 0 spiro atoms. The van der Waals surface area contributed by atoms with Gasteiger partial charge in [-0.3, -0.25) is 9.59 Å². The molecule has 1 aliphatic rings. The number of carbonyl (C=O) groups is 2. The van der Waals surface area contributed by atoms with Gasteiger partial charge < -0.3 is 16.4 Å². The molecule has 2 rings (SSSR count). The zero-order valence-corrected chi connectivity index (χ0v) is 11.9. The van der Waals surface area contributed by atoms with Gasteiger partial charge in [0.1, 0.15) is 0 Å². The fraction of sp³-hybridized carbons (Fsp3) is 0.467. The lowest BCUT2D eigenvalue weighted by Crippen LogP contribution is -2.42. The lowest BCUT2D eigenvalue weighted by Gasteiger charge is -2.31. The van der Waals surface area contributed by atoms with Gasteiger partial charge in [0.15, 0.2) is 0 Å². The van der Waals surface area contributed by atoms with Gasteiger partial charge in [0.2, 0.25) is 11.8 Å². The maximum Gasteiger partial charge on any atom is 0.248 e. The third kappa shape index (κ3) is 2.67. The standard InChI is InChI=1S/C15H21N3O2/c1-10(2)15(6-7-17-9-15)14(20)18-12-5-3-4-11(8-12)13(16)19/h3-5,8,10,17H,6-7,9H2,1-2H3,(H2,16,19)(H,18,20). The first kappa shape index (κ1) is 14.5. The van der Waals surface area contributed by atoms with Crippen molar-refractivity contribution < 1.29 is 9.59 Å². The lowest BCUT2D eigenvalue weighted by atomic mass is 9.75. The molecule has 1 saturated heterocycles. The van der Waals surface area contributed by atoms with Crippen LogP contribution in [0.5, 0.6) is 0 Å². The summed E-state index contributed by atoms with van der Waals surface area (Å²) in [6.07, 6.45) is 0.825. The van der Waals surface area contributed by atoms with Crippen LogP contribution in [0.1, 0.15) is 30.6 Å². The smallest absolute Gasteiger partial charge is 0.248 e. The third-order valence-electron chi connectivity index (χ3n) is 4.15. The molecule has 0 aliphatic carbocycles. The number of benzene rings is 1. The molecule has 2 amide bonds.